The zero-order valence-electron chi connectivity index (χ0n) is 10.4. The summed E-state index contributed by atoms with van der Waals surface area (Å²) in [7, 11) is 0. The lowest BCUT2D eigenvalue weighted by atomic mass is 10.1. The molecule has 0 radical (unpaired) electrons. The summed E-state index contributed by atoms with van der Waals surface area (Å²) in [4.78, 5) is 11.6. The summed E-state index contributed by atoms with van der Waals surface area (Å²) in [6.45, 7) is 5.11. The molecule has 0 aromatic rings. The van der Waals surface area contributed by atoms with Crippen LogP contribution < -0.4 is 11.1 Å². The summed E-state index contributed by atoms with van der Waals surface area (Å²) < 4.78 is 0.254. The van der Waals surface area contributed by atoms with E-state index in [0.29, 0.717) is 6.42 Å². The maximum atomic E-state index is 11.6. The van der Waals surface area contributed by atoms with Crippen molar-refractivity contribution in [3.63, 3.8) is 0 Å². The summed E-state index contributed by atoms with van der Waals surface area (Å²) in [5.74, 6) is 1.33. The zero-order valence-corrected chi connectivity index (χ0v) is 11.2. The van der Waals surface area contributed by atoms with Crippen molar-refractivity contribution in [2.24, 2.45) is 5.73 Å². The first-order chi connectivity index (χ1) is 7.56. The van der Waals surface area contributed by atoms with Crippen molar-refractivity contribution in [1.29, 1.82) is 0 Å². The molecule has 3 nitrogen and oxygen atoms in total. The Morgan fingerprint density at radius 2 is 2.38 bits per heavy atom. The molecule has 0 spiro atoms. The molecule has 1 fully saturated rings. The number of carbonyl (C=O) groups excluding carboxylic acids is 1. The smallest absolute Gasteiger partial charge is 0.221 e. The van der Waals surface area contributed by atoms with Crippen molar-refractivity contribution in [2.75, 3.05) is 12.3 Å². The van der Waals surface area contributed by atoms with Crippen molar-refractivity contribution >= 4 is 17.7 Å². The first kappa shape index (κ1) is 13.8. The summed E-state index contributed by atoms with van der Waals surface area (Å²) in [5, 5.41) is 3.01. The third-order valence-electron chi connectivity index (χ3n) is 3.07. The molecular formula is C12H24N2OS. The van der Waals surface area contributed by atoms with Crippen LogP contribution >= 0.6 is 11.8 Å². The molecule has 2 atom stereocenters. The van der Waals surface area contributed by atoms with E-state index in [1.165, 1.54) is 18.6 Å². The summed E-state index contributed by atoms with van der Waals surface area (Å²) in [5.41, 5.74) is 5.84. The lowest BCUT2D eigenvalue weighted by Crippen LogP contribution is -2.39. The van der Waals surface area contributed by atoms with Crippen molar-refractivity contribution in [3.8, 4) is 0 Å². The monoisotopic (exact) mass is 244 g/mol. The van der Waals surface area contributed by atoms with Crippen molar-refractivity contribution in [2.45, 2.75) is 56.7 Å². The second-order valence-electron chi connectivity index (χ2n) is 4.93. The van der Waals surface area contributed by atoms with Gasteiger partial charge in [-0.25, -0.2) is 0 Å². The van der Waals surface area contributed by atoms with Gasteiger partial charge in [-0.05, 0) is 31.9 Å². The number of thioether (sulfide) groups is 1. The van der Waals surface area contributed by atoms with Gasteiger partial charge in [-0.1, -0.05) is 13.3 Å². The Kier molecular flexibility index (Phi) is 5.62. The van der Waals surface area contributed by atoms with E-state index in [2.05, 4.69) is 19.2 Å². The van der Waals surface area contributed by atoms with E-state index in [1.54, 1.807) is 0 Å². The number of rotatable bonds is 6. The molecule has 3 N–H and O–H groups in total. The minimum atomic E-state index is 0.0223. The van der Waals surface area contributed by atoms with Gasteiger partial charge >= 0.3 is 0 Å². The lowest BCUT2D eigenvalue weighted by Gasteiger charge is -2.23. The van der Waals surface area contributed by atoms with Crippen LogP contribution in [0.5, 0.6) is 0 Å². The molecule has 4 heteroatoms. The largest absolute Gasteiger partial charge is 0.355 e. The number of nitrogens with two attached hydrogens (primary N) is 1. The normalized spacial score (nSPS) is 26.7. The predicted octanol–water partition coefficient (Wildman–Crippen LogP) is 1.91. The Bertz CT molecular complexity index is 227. The van der Waals surface area contributed by atoms with Gasteiger partial charge < -0.3 is 11.1 Å². The van der Waals surface area contributed by atoms with Crippen LogP contribution in [0.3, 0.4) is 0 Å². The lowest BCUT2D eigenvalue weighted by molar-refractivity contribution is -0.121. The number of nitrogens with one attached hydrogen (secondary N) is 1. The Labute approximate surface area is 103 Å². The van der Waals surface area contributed by atoms with E-state index >= 15 is 0 Å². The Morgan fingerprint density at radius 1 is 1.62 bits per heavy atom. The Balaban J connectivity index is 2.19. The molecule has 1 aliphatic rings. The average Bonchev–Trinajstić information content (AvgIpc) is 2.63. The van der Waals surface area contributed by atoms with E-state index in [-0.39, 0.29) is 16.7 Å². The highest BCUT2D eigenvalue weighted by Gasteiger charge is 2.29. The number of hydrogen-bond acceptors (Lipinski definition) is 3. The highest BCUT2D eigenvalue weighted by atomic mass is 32.2. The Hall–Kier alpha value is -0.220. The molecule has 1 rings (SSSR count). The molecule has 94 valence electrons. The van der Waals surface area contributed by atoms with E-state index in [0.717, 1.165) is 19.4 Å². The molecule has 0 aliphatic carbocycles. The quantitative estimate of drug-likeness (QED) is 0.750. The van der Waals surface area contributed by atoms with Crippen molar-refractivity contribution in [3.05, 3.63) is 0 Å². The van der Waals surface area contributed by atoms with Crippen LogP contribution in [-0.2, 0) is 4.79 Å². The fraction of sp³-hybridized carbons (Fsp3) is 0.917. The van der Waals surface area contributed by atoms with Gasteiger partial charge in [-0.3, -0.25) is 4.79 Å². The summed E-state index contributed by atoms with van der Waals surface area (Å²) in [6, 6.07) is 0.0223. The van der Waals surface area contributed by atoms with Gasteiger partial charge in [0, 0.05) is 23.8 Å². The van der Waals surface area contributed by atoms with Crippen LogP contribution in [0.25, 0.3) is 0 Å². The minimum absolute atomic E-state index is 0.0223. The van der Waals surface area contributed by atoms with Crippen LogP contribution in [-0.4, -0.2) is 29.0 Å². The molecule has 0 aromatic heterocycles. The van der Waals surface area contributed by atoms with Crippen molar-refractivity contribution < 1.29 is 4.79 Å². The molecule has 16 heavy (non-hydrogen) atoms. The second-order valence-corrected chi connectivity index (χ2v) is 6.61. The van der Waals surface area contributed by atoms with Crippen LogP contribution in [0.1, 0.15) is 46.0 Å². The van der Waals surface area contributed by atoms with E-state index in [4.69, 9.17) is 5.73 Å². The van der Waals surface area contributed by atoms with Gasteiger partial charge in [-0.2, -0.15) is 11.8 Å². The van der Waals surface area contributed by atoms with Gasteiger partial charge in [0.1, 0.15) is 0 Å². The molecule has 0 saturated carbocycles. The van der Waals surface area contributed by atoms with Crippen LogP contribution in [0.2, 0.25) is 0 Å². The second kappa shape index (κ2) is 6.50. The first-order valence-corrected chi connectivity index (χ1v) is 7.20. The molecule has 1 amide bonds. The van der Waals surface area contributed by atoms with Gasteiger partial charge in [0.05, 0.1) is 0 Å². The molecular weight excluding hydrogens is 220 g/mol. The average molecular weight is 244 g/mol. The highest BCUT2D eigenvalue weighted by molar-refractivity contribution is 8.00. The van der Waals surface area contributed by atoms with E-state index < -0.39 is 0 Å². The molecule has 2 unspecified atom stereocenters. The topological polar surface area (TPSA) is 55.1 Å². The highest BCUT2D eigenvalue weighted by Crippen LogP contribution is 2.36. The zero-order chi connectivity index (χ0) is 12.0. The molecule has 1 heterocycles. The number of carbonyl (C=O) groups is 1. The number of amides is 1. The van der Waals surface area contributed by atoms with Crippen LogP contribution in [0.15, 0.2) is 0 Å². The summed E-state index contributed by atoms with van der Waals surface area (Å²) in [6.07, 6.45) is 4.92. The SMILES string of the molecule is CCCC(N)CC(=O)NCC1(C)CCCS1. The fourth-order valence-corrected chi connectivity index (χ4v) is 3.29. The fourth-order valence-electron chi connectivity index (χ4n) is 2.04. The van der Waals surface area contributed by atoms with E-state index in [1.807, 2.05) is 11.8 Å². The number of hydrogen-bond donors (Lipinski definition) is 2. The molecule has 1 aliphatic heterocycles. The third kappa shape index (κ3) is 4.74. The third-order valence-corrected chi connectivity index (χ3v) is 4.61. The van der Waals surface area contributed by atoms with E-state index in [9.17, 15) is 4.79 Å². The maximum Gasteiger partial charge on any atom is 0.221 e. The standard InChI is InChI=1S/C12H24N2OS/c1-3-5-10(13)8-11(15)14-9-12(2)6-4-7-16-12/h10H,3-9,13H2,1-2H3,(H,14,15). The van der Waals surface area contributed by atoms with Crippen LogP contribution in [0.4, 0.5) is 0 Å². The maximum absolute atomic E-state index is 11.6. The van der Waals surface area contributed by atoms with Gasteiger partial charge in [0.25, 0.3) is 0 Å². The van der Waals surface area contributed by atoms with Crippen LogP contribution in [0, 0.1) is 0 Å². The van der Waals surface area contributed by atoms with Gasteiger partial charge in [0.15, 0.2) is 0 Å². The molecule has 0 bridgehead atoms. The first-order valence-electron chi connectivity index (χ1n) is 6.22. The van der Waals surface area contributed by atoms with Gasteiger partial charge in [-0.15, -0.1) is 0 Å². The summed E-state index contributed by atoms with van der Waals surface area (Å²) >= 11 is 1.97. The predicted molar refractivity (Wildman–Crippen MR) is 70.6 cm³/mol. The minimum Gasteiger partial charge on any atom is -0.355 e. The molecule has 0 aromatic carbocycles. The van der Waals surface area contributed by atoms with Gasteiger partial charge in [0.2, 0.25) is 5.91 Å². The van der Waals surface area contributed by atoms with Crippen molar-refractivity contribution in [1.82, 2.24) is 5.32 Å². The molecule has 1 saturated heterocycles. The Morgan fingerprint density at radius 3 is 2.94 bits per heavy atom.